The van der Waals surface area contributed by atoms with E-state index in [2.05, 4.69) is 22.9 Å². The van der Waals surface area contributed by atoms with Gasteiger partial charge in [0.15, 0.2) is 0 Å². The van der Waals surface area contributed by atoms with Crippen molar-refractivity contribution in [2.24, 2.45) is 11.8 Å². The first-order valence-electron chi connectivity index (χ1n) is 7.51. The summed E-state index contributed by atoms with van der Waals surface area (Å²) in [6.45, 7) is 2.09. The van der Waals surface area contributed by atoms with Crippen LogP contribution < -0.4 is 9.80 Å². The fourth-order valence-electron chi connectivity index (χ4n) is 2.58. The second kappa shape index (κ2) is 5.32. The standard InChI is InChI=1S/C16H22N4/c1-19(10-12-3-4-12)15-8-7-14(9-17)16(18-15)20(2)11-13-5-6-13/h7-8,12-13H,3-6,10-11H2,1-2H3. The molecule has 0 atom stereocenters. The summed E-state index contributed by atoms with van der Waals surface area (Å²) in [5.74, 6) is 3.44. The lowest BCUT2D eigenvalue weighted by molar-refractivity contribution is 0.760. The lowest BCUT2D eigenvalue weighted by atomic mass is 10.2. The van der Waals surface area contributed by atoms with Crippen molar-refractivity contribution in [1.82, 2.24) is 4.98 Å². The van der Waals surface area contributed by atoms with Crippen molar-refractivity contribution >= 4 is 11.6 Å². The molecule has 4 nitrogen and oxygen atoms in total. The third-order valence-corrected chi connectivity index (χ3v) is 4.19. The summed E-state index contributed by atoms with van der Waals surface area (Å²) in [5, 5.41) is 9.27. The van der Waals surface area contributed by atoms with E-state index in [9.17, 15) is 5.26 Å². The number of pyridine rings is 1. The van der Waals surface area contributed by atoms with Crippen molar-refractivity contribution in [3.8, 4) is 6.07 Å². The Labute approximate surface area is 121 Å². The molecule has 2 saturated carbocycles. The Bertz CT molecular complexity index is 526. The molecular weight excluding hydrogens is 248 g/mol. The minimum absolute atomic E-state index is 0.678. The average Bonchev–Trinajstić information content (AvgIpc) is 3.34. The average molecular weight is 270 g/mol. The monoisotopic (exact) mass is 270 g/mol. The predicted octanol–water partition coefficient (Wildman–Crippen LogP) is 2.65. The van der Waals surface area contributed by atoms with E-state index in [0.717, 1.165) is 36.6 Å². The zero-order valence-electron chi connectivity index (χ0n) is 12.3. The predicted molar refractivity (Wildman–Crippen MR) is 80.9 cm³/mol. The van der Waals surface area contributed by atoms with E-state index < -0.39 is 0 Å². The quantitative estimate of drug-likeness (QED) is 0.797. The largest absolute Gasteiger partial charge is 0.359 e. The molecule has 0 radical (unpaired) electrons. The minimum atomic E-state index is 0.678. The Hall–Kier alpha value is -1.76. The highest BCUT2D eigenvalue weighted by molar-refractivity contribution is 5.58. The molecule has 1 aromatic heterocycles. The number of aromatic nitrogens is 1. The van der Waals surface area contributed by atoms with Gasteiger partial charge in [0.05, 0.1) is 5.56 Å². The maximum Gasteiger partial charge on any atom is 0.148 e. The van der Waals surface area contributed by atoms with Gasteiger partial charge in [-0.05, 0) is 49.7 Å². The van der Waals surface area contributed by atoms with Crippen LogP contribution in [0.25, 0.3) is 0 Å². The highest BCUT2D eigenvalue weighted by Crippen LogP contribution is 2.33. The lowest BCUT2D eigenvalue weighted by Gasteiger charge is -2.23. The molecule has 2 fully saturated rings. The summed E-state index contributed by atoms with van der Waals surface area (Å²) in [5.41, 5.74) is 0.678. The summed E-state index contributed by atoms with van der Waals surface area (Å²) >= 11 is 0. The molecule has 0 aliphatic heterocycles. The molecule has 0 unspecified atom stereocenters. The molecule has 2 aliphatic rings. The minimum Gasteiger partial charge on any atom is -0.359 e. The van der Waals surface area contributed by atoms with E-state index in [4.69, 9.17) is 4.98 Å². The van der Waals surface area contributed by atoms with E-state index in [0.29, 0.717) is 5.56 Å². The Kier molecular flexibility index (Phi) is 3.52. The van der Waals surface area contributed by atoms with E-state index in [1.54, 1.807) is 0 Å². The SMILES string of the molecule is CN(CC1CC1)c1ccc(C#N)c(N(C)CC2CC2)n1. The summed E-state index contributed by atoms with van der Waals surface area (Å²) in [7, 11) is 4.14. The number of nitriles is 1. The molecule has 1 heterocycles. The van der Waals surface area contributed by atoms with Crippen LogP contribution in [0, 0.1) is 23.2 Å². The molecule has 0 N–H and O–H groups in total. The van der Waals surface area contributed by atoms with Crippen molar-refractivity contribution in [2.75, 3.05) is 37.0 Å². The highest BCUT2D eigenvalue weighted by atomic mass is 15.2. The van der Waals surface area contributed by atoms with Crippen LogP contribution in [-0.4, -0.2) is 32.2 Å². The molecule has 0 saturated heterocycles. The second-order valence-corrected chi connectivity index (χ2v) is 6.30. The van der Waals surface area contributed by atoms with Crippen molar-refractivity contribution in [3.63, 3.8) is 0 Å². The lowest BCUT2D eigenvalue weighted by Crippen LogP contribution is -2.25. The molecule has 106 valence electrons. The fourth-order valence-corrected chi connectivity index (χ4v) is 2.58. The molecule has 2 aliphatic carbocycles. The van der Waals surface area contributed by atoms with Crippen LogP contribution in [-0.2, 0) is 0 Å². The number of nitrogens with zero attached hydrogens (tertiary/aromatic N) is 4. The van der Waals surface area contributed by atoms with Gasteiger partial charge in [-0.2, -0.15) is 5.26 Å². The Morgan fingerprint density at radius 3 is 2.25 bits per heavy atom. The van der Waals surface area contributed by atoms with Crippen molar-refractivity contribution in [1.29, 1.82) is 5.26 Å². The first-order valence-corrected chi connectivity index (χ1v) is 7.51. The molecule has 1 aromatic rings. The zero-order valence-corrected chi connectivity index (χ0v) is 12.3. The van der Waals surface area contributed by atoms with Gasteiger partial charge in [-0.25, -0.2) is 4.98 Å². The van der Waals surface area contributed by atoms with Gasteiger partial charge in [0.1, 0.15) is 17.7 Å². The highest BCUT2D eigenvalue weighted by Gasteiger charge is 2.26. The maximum absolute atomic E-state index is 9.27. The maximum atomic E-state index is 9.27. The molecular formula is C16H22N4. The Morgan fingerprint density at radius 1 is 1.10 bits per heavy atom. The van der Waals surface area contributed by atoms with E-state index in [-0.39, 0.29) is 0 Å². The number of anilines is 2. The molecule has 0 amide bonds. The normalized spacial score (nSPS) is 17.6. The molecule has 0 aromatic carbocycles. The van der Waals surface area contributed by atoms with Gasteiger partial charge < -0.3 is 9.80 Å². The van der Waals surface area contributed by atoms with Crippen LogP contribution in [0.5, 0.6) is 0 Å². The Balaban J connectivity index is 1.79. The third-order valence-electron chi connectivity index (χ3n) is 4.19. The number of hydrogen-bond acceptors (Lipinski definition) is 4. The van der Waals surface area contributed by atoms with Crippen LogP contribution in [0.1, 0.15) is 31.2 Å². The zero-order chi connectivity index (χ0) is 14.1. The smallest absolute Gasteiger partial charge is 0.148 e. The molecule has 0 bridgehead atoms. The van der Waals surface area contributed by atoms with Gasteiger partial charge in [0.2, 0.25) is 0 Å². The topological polar surface area (TPSA) is 43.2 Å². The summed E-state index contributed by atoms with van der Waals surface area (Å²) in [4.78, 5) is 9.09. The van der Waals surface area contributed by atoms with E-state index >= 15 is 0 Å². The van der Waals surface area contributed by atoms with Gasteiger partial charge >= 0.3 is 0 Å². The van der Waals surface area contributed by atoms with Crippen molar-refractivity contribution in [2.45, 2.75) is 25.7 Å². The Morgan fingerprint density at radius 2 is 1.70 bits per heavy atom. The number of hydrogen-bond donors (Lipinski definition) is 0. The van der Waals surface area contributed by atoms with Crippen LogP contribution in [0.3, 0.4) is 0 Å². The van der Waals surface area contributed by atoms with Gasteiger partial charge in [-0.15, -0.1) is 0 Å². The molecule has 0 spiro atoms. The molecule has 4 heteroatoms. The fraction of sp³-hybridized carbons (Fsp3) is 0.625. The van der Waals surface area contributed by atoms with Crippen LogP contribution in [0.4, 0.5) is 11.6 Å². The van der Waals surface area contributed by atoms with Gasteiger partial charge in [-0.3, -0.25) is 0 Å². The van der Waals surface area contributed by atoms with Crippen LogP contribution >= 0.6 is 0 Å². The first kappa shape index (κ1) is 13.2. The van der Waals surface area contributed by atoms with Gasteiger partial charge in [0, 0.05) is 27.2 Å². The summed E-state index contributed by atoms with van der Waals surface area (Å²) in [6, 6.07) is 6.14. The van der Waals surface area contributed by atoms with Crippen molar-refractivity contribution < 1.29 is 0 Å². The molecule has 20 heavy (non-hydrogen) atoms. The van der Waals surface area contributed by atoms with E-state index in [1.807, 2.05) is 19.2 Å². The van der Waals surface area contributed by atoms with E-state index in [1.165, 1.54) is 25.7 Å². The van der Waals surface area contributed by atoms with Crippen molar-refractivity contribution in [3.05, 3.63) is 17.7 Å². The summed E-state index contributed by atoms with van der Waals surface area (Å²) < 4.78 is 0. The van der Waals surface area contributed by atoms with Gasteiger partial charge in [0.25, 0.3) is 0 Å². The van der Waals surface area contributed by atoms with Crippen LogP contribution in [0.2, 0.25) is 0 Å². The summed E-state index contributed by atoms with van der Waals surface area (Å²) in [6.07, 6.45) is 5.31. The third kappa shape index (κ3) is 3.04. The molecule has 3 rings (SSSR count). The van der Waals surface area contributed by atoms with Crippen LogP contribution in [0.15, 0.2) is 12.1 Å². The number of rotatable bonds is 6. The first-order chi connectivity index (χ1) is 9.67. The second-order valence-electron chi connectivity index (χ2n) is 6.30. The van der Waals surface area contributed by atoms with Gasteiger partial charge in [-0.1, -0.05) is 0 Å².